The molecule has 18 heavy (non-hydrogen) atoms. The second-order valence-corrected chi connectivity index (χ2v) is 7.04. The Morgan fingerprint density at radius 2 is 1.78 bits per heavy atom. The summed E-state index contributed by atoms with van der Waals surface area (Å²) in [6.45, 7) is 11.2. The maximum Gasteiger partial charge on any atom is 0.410 e. The van der Waals surface area contributed by atoms with Gasteiger partial charge in [-0.25, -0.2) is 9.18 Å². The van der Waals surface area contributed by atoms with E-state index in [9.17, 15) is 9.18 Å². The minimum Gasteiger partial charge on any atom is -0.444 e. The third-order valence-electron chi connectivity index (χ3n) is 3.00. The van der Waals surface area contributed by atoms with Crippen LogP contribution in [0.15, 0.2) is 0 Å². The number of nitrogens with zero attached hydrogens (tertiary/aromatic N) is 1. The molecule has 0 aliphatic carbocycles. The van der Waals surface area contributed by atoms with Crippen LogP contribution in [0.5, 0.6) is 0 Å². The third-order valence-corrected chi connectivity index (χ3v) is 3.00. The molecule has 1 heterocycles. The number of halogens is 1. The van der Waals surface area contributed by atoms with Crippen LogP contribution in [0.2, 0.25) is 0 Å². The molecule has 106 valence electrons. The average molecular weight is 260 g/mol. The van der Waals surface area contributed by atoms with E-state index in [0.29, 0.717) is 0 Å². The highest BCUT2D eigenvalue weighted by atomic mass is 19.1. The number of hydrogen-bond acceptors (Lipinski definition) is 3. The molecule has 1 fully saturated rings. The number of amides is 1. The smallest absolute Gasteiger partial charge is 0.410 e. The molecule has 1 amide bonds. The van der Waals surface area contributed by atoms with Crippen molar-refractivity contribution in [2.24, 2.45) is 11.1 Å². The minimum absolute atomic E-state index is 0.0119. The van der Waals surface area contributed by atoms with Crippen molar-refractivity contribution >= 4 is 6.09 Å². The first-order chi connectivity index (χ1) is 7.93. The fraction of sp³-hybridized carbons (Fsp3) is 0.923. The van der Waals surface area contributed by atoms with Crippen molar-refractivity contribution in [2.75, 3.05) is 6.54 Å². The number of nitrogens with two attached hydrogens (primary N) is 1. The summed E-state index contributed by atoms with van der Waals surface area (Å²) in [4.78, 5) is 13.5. The SMILES string of the molecule is CC(C)(C)OC(=O)N1C[C@@H](F)[C@@H](N)C1C(C)(C)C. The van der Waals surface area contributed by atoms with Crippen molar-refractivity contribution in [3.05, 3.63) is 0 Å². The fourth-order valence-corrected chi connectivity index (χ4v) is 2.38. The number of carbonyl (C=O) groups is 1. The van der Waals surface area contributed by atoms with Crippen LogP contribution in [0.4, 0.5) is 9.18 Å². The van der Waals surface area contributed by atoms with E-state index in [4.69, 9.17) is 10.5 Å². The monoisotopic (exact) mass is 260 g/mol. The molecular formula is C13H25FN2O2. The van der Waals surface area contributed by atoms with Gasteiger partial charge in [-0.1, -0.05) is 20.8 Å². The van der Waals surface area contributed by atoms with Crippen molar-refractivity contribution in [3.63, 3.8) is 0 Å². The van der Waals surface area contributed by atoms with Crippen molar-refractivity contribution in [1.82, 2.24) is 4.90 Å². The lowest BCUT2D eigenvalue weighted by atomic mass is 9.83. The van der Waals surface area contributed by atoms with Crippen LogP contribution in [0.1, 0.15) is 41.5 Å². The molecule has 0 aromatic carbocycles. The Labute approximate surface area is 109 Å². The molecule has 0 spiro atoms. The van der Waals surface area contributed by atoms with E-state index >= 15 is 0 Å². The third kappa shape index (κ3) is 3.34. The lowest BCUT2D eigenvalue weighted by molar-refractivity contribution is 0.0107. The summed E-state index contributed by atoms with van der Waals surface area (Å²) >= 11 is 0. The van der Waals surface area contributed by atoms with E-state index in [2.05, 4.69) is 0 Å². The summed E-state index contributed by atoms with van der Waals surface area (Å²) in [5, 5.41) is 0. The molecule has 1 aliphatic rings. The van der Waals surface area contributed by atoms with Gasteiger partial charge in [0.15, 0.2) is 0 Å². The zero-order valence-corrected chi connectivity index (χ0v) is 12.2. The quantitative estimate of drug-likeness (QED) is 0.727. The van der Waals surface area contributed by atoms with Gasteiger partial charge in [0, 0.05) is 0 Å². The van der Waals surface area contributed by atoms with Gasteiger partial charge in [0.25, 0.3) is 0 Å². The molecule has 0 radical (unpaired) electrons. The van der Waals surface area contributed by atoms with Gasteiger partial charge in [0.1, 0.15) is 11.8 Å². The molecule has 3 atom stereocenters. The molecule has 0 saturated carbocycles. The van der Waals surface area contributed by atoms with Crippen LogP contribution in [-0.4, -0.2) is 41.4 Å². The Hall–Kier alpha value is -0.840. The summed E-state index contributed by atoms with van der Waals surface area (Å²) in [6, 6.07) is -1.00. The number of ether oxygens (including phenoxy) is 1. The van der Waals surface area contributed by atoms with Gasteiger partial charge in [-0.15, -0.1) is 0 Å². The van der Waals surface area contributed by atoms with Gasteiger partial charge in [-0.3, -0.25) is 0 Å². The van der Waals surface area contributed by atoms with Crippen LogP contribution in [0.25, 0.3) is 0 Å². The first-order valence-corrected chi connectivity index (χ1v) is 6.33. The second kappa shape index (κ2) is 4.68. The van der Waals surface area contributed by atoms with E-state index in [1.807, 2.05) is 20.8 Å². The van der Waals surface area contributed by atoms with Crippen molar-refractivity contribution in [2.45, 2.75) is 65.4 Å². The lowest BCUT2D eigenvalue weighted by Crippen LogP contribution is -2.52. The Morgan fingerprint density at radius 1 is 1.28 bits per heavy atom. The molecule has 1 aliphatic heterocycles. The summed E-state index contributed by atoms with van der Waals surface area (Å²) in [5.41, 5.74) is 5.01. The van der Waals surface area contributed by atoms with Gasteiger partial charge in [-0.2, -0.15) is 0 Å². The Bertz CT molecular complexity index is 320. The Morgan fingerprint density at radius 3 is 2.17 bits per heavy atom. The van der Waals surface area contributed by atoms with Gasteiger partial charge < -0.3 is 15.4 Å². The number of hydrogen-bond donors (Lipinski definition) is 1. The molecule has 4 nitrogen and oxygen atoms in total. The van der Waals surface area contributed by atoms with E-state index in [1.54, 1.807) is 20.8 Å². The highest BCUT2D eigenvalue weighted by molar-refractivity contribution is 5.69. The zero-order valence-electron chi connectivity index (χ0n) is 12.2. The molecule has 1 unspecified atom stereocenters. The van der Waals surface area contributed by atoms with Gasteiger partial charge >= 0.3 is 6.09 Å². The van der Waals surface area contributed by atoms with Crippen molar-refractivity contribution in [1.29, 1.82) is 0 Å². The molecule has 0 aromatic rings. The van der Waals surface area contributed by atoms with Gasteiger partial charge in [0.2, 0.25) is 0 Å². The topological polar surface area (TPSA) is 55.6 Å². The average Bonchev–Trinajstić information content (AvgIpc) is 2.39. The first-order valence-electron chi connectivity index (χ1n) is 6.33. The van der Waals surface area contributed by atoms with E-state index < -0.39 is 23.9 Å². The highest BCUT2D eigenvalue weighted by Gasteiger charge is 2.48. The number of rotatable bonds is 0. The zero-order chi connectivity index (χ0) is 14.3. The van der Waals surface area contributed by atoms with E-state index in [-0.39, 0.29) is 18.0 Å². The van der Waals surface area contributed by atoms with E-state index in [1.165, 1.54) is 4.90 Å². The van der Waals surface area contributed by atoms with Crippen molar-refractivity contribution in [3.8, 4) is 0 Å². The summed E-state index contributed by atoms with van der Waals surface area (Å²) < 4.78 is 19.1. The lowest BCUT2D eigenvalue weighted by Gasteiger charge is -2.37. The van der Waals surface area contributed by atoms with Crippen LogP contribution in [0, 0.1) is 5.41 Å². The molecule has 2 N–H and O–H groups in total. The van der Waals surface area contributed by atoms with Crippen LogP contribution in [-0.2, 0) is 4.74 Å². The van der Waals surface area contributed by atoms with Crippen LogP contribution < -0.4 is 5.73 Å². The number of carbonyl (C=O) groups excluding carboxylic acids is 1. The normalized spacial score (nSPS) is 29.6. The Kier molecular flexibility index (Phi) is 3.96. The first kappa shape index (κ1) is 15.2. The second-order valence-electron chi connectivity index (χ2n) is 7.04. The summed E-state index contributed by atoms with van der Waals surface area (Å²) in [7, 11) is 0. The standard InChI is InChI=1S/C13H25FN2O2/c1-12(2,3)10-9(15)8(14)7-16(10)11(17)18-13(4,5)6/h8-10H,7,15H2,1-6H3/t8-,9-,10?/m1/s1. The largest absolute Gasteiger partial charge is 0.444 e. The predicted octanol–water partition coefficient (Wildman–Crippen LogP) is 2.32. The molecule has 1 saturated heterocycles. The molecule has 0 bridgehead atoms. The molecule has 1 rings (SSSR count). The van der Waals surface area contributed by atoms with Crippen LogP contribution in [0.3, 0.4) is 0 Å². The molecular weight excluding hydrogens is 235 g/mol. The maximum absolute atomic E-state index is 13.8. The molecule has 5 heteroatoms. The van der Waals surface area contributed by atoms with Crippen molar-refractivity contribution < 1.29 is 13.9 Å². The fourth-order valence-electron chi connectivity index (χ4n) is 2.38. The summed E-state index contributed by atoms with van der Waals surface area (Å²) in [6.07, 6.45) is -1.68. The van der Waals surface area contributed by atoms with E-state index in [0.717, 1.165) is 0 Å². The van der Waals surface area contributed by atoms with Gasteiger partial charge in [0.05, 0.1) is 18.6 Å². The Balaban J connectivity index is 2.90. The van der Waals surface area contributed by atoms with Crippen LogP contribution >= 0.6 is 0 Å². The molecule has 0 aromatic heterocycles. The number of likely N-dealkylation sites (tertiary alicyclic amines) is 1. The van der Waals surface area contributed by atoms with Gasteiger partial charge in [-0.05, 0) is 26.2 Å². The minimum atomic E-state index is -1.19. The maximum atomic E-state index is 13.8. The highest BCUT2D eigenvalue weighted by Crippen LogP contribution is 2.34. The number of alkyl halides is 1. The predicted molar refractivity (Wildman–Crippen MR) is 69.1 cm³/mol. The summed E-state index contributed by atoms with van der Waals surface area (Å²) in [5.74, 6) is 0.